The van der Waals surface area contributed by atoms with Crippen LogP contribution in [0.4, 0.5) is 0 Å². The Morgan fingerprint density at radius 3 is 1.43 bits per heavy atom. The second-order valence-electron chi connectivity index (χ2n) is 7.72. The smallest absolute Gasteiger partial charge is 0.542 e. The maximum absolute atomic E-state index is 10.0. The van der Waals surface area contributed by atoms with E-state index in [0.717, 1.165) is 6.42 Å². The van der Waals surface area contributed by atoms with Gasteiger partial charge in [0.15, 0.2) is 0 Å². The SMILES string of the molecule is CCCCCCCCCCCCCCCCC[C-]=O.NC(CCC(=O)O)C(=O)O.[K+]. The van der Waals surface area contributed by atoms with Crippen molar-refractivity contribution in [1.29, 1.82) is 0 Å². The molecule has 0 rings (SSSR count). The van der Waals surface area contributed by atoms with Crippen LogP contribution in [0.3, 0.4) is 0 Å². The molecule has 0 spiro atoms. The van der Waals surface area contributed by atoms with Gasteiger partial charge >= 0.3 is 63.3 Å². The van der Waals surface area contributed by atoms with Gasteiger partial charge in [-0.1, -0.05) is 103 Å². The molecule has 0 aliphatic rings. The van der Waals surface area contributed by atoms with Crippen molar-refractivity contribution < 1.29 is 76.0 Å². The molecular weight excluding hydrogens is 409 g/mol. The number of unbranched alkanes of at least 4 members (excludes halogenated alkanes) is 15. The van der Waals surface area contributed by atoms with Crippen LogP contribution in [0.2, 0.25) is 0 Å². The van der Waals surface area contributed by atoms with Gasteiger partial charge in [0.05, 0.1) is 0 Å². The van der Waals surface area contributed by atoms with Crippen LogP contribution in [-0.2, 0) is 14.4 Å². The molecule has 0 heterocycles. The van der Waals surface area contributed by atoms with Crippen molar-refractivity contribution >= 4 is 18.2 Å². The molecule has 0 saturated heterocycles. The predicted octanol–water partition coefficient (Wildman–Crippen LogP) is 2.62. The van der Waals surface area contributed by atoms with Crippen molar-refractivity contribution in [2.24, 2.45) is 5.73 Å². The van der Waals surface area contributed by atoms with Gasteiger partial charge in [-0.25, -0.2) is 0 Å². The van der Waals surface area contributed by atoms with E-state index in [1.807, 2.05) is 6.29 Å². The molecule has 0 radical (unpaired) electrons. The number of nitrogens with two attached hydrogens (primary N) is 1. The average Bonchev–Trinajstić information content (AvgIpc) is 2.69. The minimum atomic E-state index is -1.17. The molecule has 7 heteroatoms. The third-order valence-electron chi connectivity index (χ3n) is 4.87. The fraction of sp³-hybridized carbons (Fsp3) is 0.870. The van der Waals surface area contributed by atoms with E-state index in [2.05, 4.69) is 6.92 Å². The molecule has 0 amide bonds. The first kappa shape index (κ1) is 34.8. The van der Waals surface area contributed by atoms with Gasteiger partial charge in [-0.15, -0.1) is 0 Å². The van der Waals surface area contributed by atoms with Crippen molar-refractivity contribution in [1.82, 2.24) is 0 Å². The molecule has 0 fully saturated rings. The summed E-state index contributed by atoms with van der Waals surface area (Å²) in [6, 6.07) is -1.06. The number of hydrogen-bond donors (Lipinski definition) is 3. The van der Waals surface area contributed by atoms with Gasteiger partial charge in [0.1, 0.15) is 6.04 Å². The first-order valence-electron chi connectivity index (χ1n) is 11.5. The number of rotatable bonds is 20. The van der Waals surface area contributed by atoms with Gasteiger partial charge in [0.25, 0.3) is 0 Å². The molecule has 0 aromatic rings. The summed E-state index contributed by atoms with van der Waals surface area (Å²) in [6.45, 7) is 2.28. The fourth-order valence-corrected chi connectivity index (χ4v) is 2.97. The van der Waals surface area contributed by atoms with E-state index in [1.54, 1.807) is 0 Å². The zero-order chi connectivity index (χ0) is 22.2. The van der Waals surface area contributed by atoms with E-state index in [1.165, 1.54) is 89.9 Å². The molecule has 1 unspecified atom stereocenters. The zero-order valence-corrected chi connectivity index (χ0v) is 22.6. The number of carbonyl (C=O) groups is 2. The quantitative estimate of drug-likeness (QED) is 0.148. The van der Waals surface area contributed by atoms with Gasteiger partial charge in [0.2, 0.25) is 0 Å². The van der Waals surface area contributed by atoms with Gasteiger partial charge in [0, 0.05) is 6.42 Å². The van der Waals surface area contributed by atoms with Crippen LogP contribution in [0.25, 0.3) is 0 Å². The summed E-state index contributed by atoms with van der Waals surface area (Å²) >= 11 is 0. The summed E-state index contributed by atoms with van der Waals surface area (Å²) in [4.78, 5) is 29.9. The first-order chi connectivity index (χ1) is 14.0. The molecule has 0 bridgehead atoms. The molecule has 30 heavy (non-hydrogen) atoms. The van der Waals surface area contributed by atoms with Crippen molar-refractivity contribution in [2.75, 3.05) is 0 Å². The molecule has 6 nitrogen and oxygen atoms in total. The minimum Gasteiger partial charge on any atom is -0.542 e. The largest absolute Gasteiger partial charge is 1.00 e. The Balaban J connectivity index is -0.000000563. The predicted molar refractivity (Wildman–Crippen MR) is 118 cm³/mol. The van der Waals surface area contributed by atoms with Crippen molar-refractivity contribution in [3.05, 3.63) is 0 Å². The normalized spacial score (nSPS) is 11.0. The summed E-state index contributed by atoms with van der Waals surface area (Å²) in [7, 11) is 0. The second kappa shape index (κ2) is 29.2. The van der Waals surface area contributed by atoms with Crippen LogP contribution in [-0.4, -0.2) is 34.5 Å². The van der Waals surface area contributed by atoms with E-state index < -0.39 is 18.0 Å². The number of hydrogen-bond acceptors (Lipinski definition) is 4. The topological polar surface area (TPSA) is 118 Å². The van der Waals surface area contributed by atoms with Crippen LogP contribution < -0.4 is 57.1 Å². The van der Waals surface area contributed by atoms with Gasteiger partial charge in [-0.2, -0.15) is 6.42 Å². The Bertz CT molecular complexity index is 394. The maximum atomic E-state index is 10.0. The Morgan fingerprint density at radius 1 is 0.767 bits per heavy atom. The Morgan fingerprint density at radius 2 is 1.13 bits per heavy atom. The number of carboxylic acids is 2. The van der Waals surface area contributed by atoms with Crippen molar-refractivity contribution in [3.8, 4) is 0 Å². The summed E-state index contributed by atoms with van der Waals surface area (Å²) < 4.78 is 0. The minimum absolute atomic E-state index is 0. The maximum Gasteiger partial charge on any atom is 1.00 e. The standard InChI is InChI=1S/C18H35O.C5H9NO4.K/c1-2-3-4-5-6-7-8-9-10-11-12-13-14-15-16-17-18-19;6-3(5(9)10)1-2-4(7)8;/h2-17H2,1H3;3H,1-2,6H2,(H,7,8)(H,9,10);/q-1;;+1. The number of aliphatic carboxylic acids is 2. The molecular formula is C23H44KNO5. The number of carboxylic acid groups (broad SMARTS) is 2. The summed E-state index contributed by atoms with van der Waals surface area (Å²) in [5.41, 5.74) is 5.00. The van der Waals surface area contributed by atoms with Gasteiger partial charge in [-0.05, 0) is 6.42 Å². The van der Waals surface area contributed by atoms with E-state index in [9.17, 15) is 14.4 Å². The Hall–Kier alpha value is 0.206. The molecule has 0 aliphatic carbocycles. The molecule has 0 aromatic heterocycles. The van der Waals surface area contributed by atoms with E-state index in [0.29, 0.717) is 6.42 Å². The Kier molecular flexibility index (Phi) is 33.9. The zero-order valence-electron chi connectivity index (χ0n) is 19.5. The fourth-order valence-electron chi connectivity index (χ4n) is 2.97. The molecule has 1 atom stereocenters. The van der Waals surface area contributed by atoms with Gasteiger partial charge in [-0.3, -0.25) is 15.9 Å². The Labute approximate surface area is 226 Å². The van der Waals surface area contributed by atoms with E-state index in [-0.39, 0.29) is 64.2 Å². The summed E-state index contributed by atoms with van der Waals surface area (Å²) in [6.07, 6.45) is 23.0. The third-order valence-corrected chi connectivity index (χ3v) is 4.87. The van der Waals surface area contributed by atoms with Crippen LogP contribution in [0.5, 0.6) is 0 Å². The molecule has 0 saturated carbocycles. The van der Waals surface area contributed by atoms with Crippen molar-refractivity contribution in [3.63, 3.8) is 0 Å². The summed E-state index contributed by atoms with van der Waals surface area (Å²) in [5.74, 6) is -2.20. The first-order valence-corrected chi connectivity index (χ1v) is 11.5. The second-order valence-corrected chi connectivity index (χ2v) is 7.72. The molecule has 4 N–H and O–H groups in total. The van der Waals surface area contributed by atoms with Crippen LogP contribution >= 0.6 is 0 Å². The molecule has 0 aromatic carbocycles. The van der Waals surface area contributed by atoms with Crippen molar-refractivity contribution in [2.45, 2.75) is 129 Å². The molecule has 0 aliphatic heterocycles. The number of carbonyl (C=O) groups excluding carboxylic acids is 1. The third kappa shape index (κ3) is 32.9. The van der Waals surface area contributed by atoms with E-state index >= 15 is 0 Å². The van der Waals surface area contributed by atoms with Crippen LogP contribution in [0, 0.1) is 0 Å². The monoisotopic (exact) mass is 453 g/mol. The van der Waals surface area contributed by atoms with Crippen LogP contribution in [0.1, 0.15) is 122 Å². The summed E-state index contributed by atoms with van der Waals surface area (Å²) in [5, 5.41) is 16.3. The van der Waals surface area contributed by atoms with Gasteiger partial charge < -0.3 is 20.7 Å². The van der Waals surface area contributed by atoms with Crippen LogP contribution in [0.15, 0.2) is 0 Å². The molecule has 172 valence electrons. The van der Waals surface area contributed by atoms with E-state index in [4.69, 9.17) is 15.9 Å². The average molecular weight is 454 g/mol.